The van der Waals surface area contributed by atoms with Gasteiger partial charge in [-0.1, -0.05) is 18.6 Å². The van der Waals surface area contributed by atoms with Crippen LogP contribution < -0.4 is 4.74 Å². The molecule has 2 unspecified atom stereocenters. The molecule has 0 N–H and O–H groups in total. The zero-order valence-electron chi connectivity index (χ0n) is 12.2. The predicted molar refractivity (Wildman–Crippen MR) is 78.7 cm³/mol. The summed E-state index contributed by atoms with van der Waals surface area (Å²) in [6.45, 7) is 5.30. The molecule has 3 rings (SSSR count). The lowest BCUT2D eigenvalue weighted by Crippen LogP contribution is -2.45. The summed E-state index contributed by atoms with van der Waals surface area (Å²) in [5.41, 5.74) is 1.95. The Balaban J connectivity index is 1.92. The van der Waals surface area contributed by atoms with Crippen molar-refractivity contribution in [1.29, 1.82) is 0 Å². The standard InChI is InChI=1S/C17H25NO/c1-3-19-16-8-4-6-14(12-16)17-9-5-7-15(17)13-18(2)11-10-17/h4,6,8,12,15H,3,5,7,9-11,13H2,1-2H3. The summed E-state index contributed by atoms with van der Waals surface area (Å²) in [5.74, 6) is 1.88. The quantitative estimate of drug-likeness (QED) is 0.824. The van der Waals surface area contributed by atoms with E-state index in [-0.39, 0.29) is 0 Å². The topological polar surface area (TPSA) is 12.5 Å². The van der Waals surface area contributed by atoms with Gasteiger partial charge in [-0.2, -0.15) is 0 Å². The first-order chi connectivity index (χ1) is 9.24. The first kappa shape index (κ1) is 13.0. The number of benzene rings is 1. The zero-order chi connectivity index (χ0) is 13.3. The molecular weight excluding hydrogens is 234 g/mol. The molecule has 1 saturated heterocycles. The third-order valence-corrected chi connectivity index (χ3v) is 5.15. The molecule has 2 fully saturated rings. The van der Waals surface area contributed by atoms with Gasteiger partial charge in [-0.05, 0) is 63.4 Å². The number of piperidine rings is 1. The van der Waals surface area contributed by atoms with Crippen LogP contribution in [0.15, 0.2) is 24.3 Å². The fourth-order valence-electron chi connectivity index (χ4n) is 4.18. The molecule has 1 saturated carbocycles. The van der Waals surface area contributed by atoms with Crippen LogP contribution in [-0.4, -0.2) is 31.6 Å². The Morgan fingerprint density at radius 3 is 3.11 bits per heavy atom. The molecular formula is C17H25NO. The summed E-state index contributed by atoms with van der Waals surface area (Å²) in [6.07, 6.45) is 5.45. The van der Waals surface area contributed by atoms with E-state index in [0.717, 1.165) is 18.3 Å². The highest BCUT2D eigenvalue weighted by Crippen LogP contribution is 2.50. The number of nitrogens with zero attached hydrogens (tertiary/aromatic N) is 1. The molecule has 0 spiro atoms. The number of fused-ring (bicyclic) bond motifs is 1. The van der Waals surface area contributed by atoms with Gasteiger partial charge in [0.1, 0.15) is 5.75 Å². The van der Waals surface area contributed by atoms with Crippen molar-refractivity contribution in [3.8, 4) is 5.75 Å². The fraction of sp³-hybridized carbons (Fsp3) is 0.647. The monoisotopic (exact) mass is 259 g/mol. The van der Waals surface area contributed by atoms with Gasteiger partial charge >= 0.3 is 0 Å². The van der Waals surface area contributed by atoms with Gasteiger partial charge in [0.2, 0.25) is 0 Å². The van der Waals surface area contributed by atoms with Crippen LogP contribution in [0.5, 0.6) is 5.75 Å². The molecule has 104 valence electrons. The maximum absolute atomic E-state index is 5.69. The Hall–Kier alpha value is -1.02. The normalized spacial score (nSPS) is 31.2. The van der Waals surface area contributed by atoms with Gasteiger partial charge in [-0.15, -0.1) is 0 Å². The van der Waals surface area contributed by atoms with E-state index in [2.05, 4.69) is 43.1 Å². The van der Waals surface area contributed by atoms with Crippen LogP contribution in [0.3, 0.4) is 0 Å². The van der Waals surface area contributed by atoms with Gasteiger partial charge in [-0.25, -0.2) is 0 Å². The third-order valence-electron chi connectivity index (χ3n) is 5.15. The molecule has 1 aliphatic carbocycles. The number of rotatable bonds is 3. The van der Waals surface area contributed by atoms with Crippen LogP contribution in [0.2, 0.25) is 0 Å². The van der Waals surface area contributed by atoms with Crippen molar-refractivity contribution >= 4 is 0 Å². The van der Waals surface area contributed by atoms with E-state index >= 15 is 0 Å². The first-order valence-electron chi connectivity index (χ1n) is 7.66. The third kappa shape index (κ3) is 2.27. The molecule has 2 nitrogen and oxygen atoms in total. The number of hydrogen-bond donors (Lipinski definition) is 0. The lowest BCUT2D eigenvalue weighted by Gasteiger charge is -2.44. The highest BCUT2D eigenvalue weighted by molar-refractivity contribution is 5.36. The highest BCUT2D eigenvalue weighted by Gasteiger charge is 2.46. The number of ether oxygens (including phenoxy) is 1. The van der Waals surface area contributed by atoms with Gasteiger partial charge < -0.3 is 9.64 Å². The van der Waals surface area contributed by atoms with Crippen LogP contribution in [0.4, 0.5) is 0 Å². The predicted octanol–water partition coefficient (Wildman–Crippen LogP) is 3.46. The minimum Gasteiger partial charge on any atom is -0.494 e. The van der Waals surface area contributed by atoms with Gasteiger partial charge in [0, 0.05) is 12.0 Å². The van der Waals surface area contributed by atoms with Crippen molar-refractivity contribution in [3.05, 3.63) is 29.8 Å². The van der Waals surface area contributed by atoms with Gasteiger partial charge in [0.25, 0.3) is 0 Å². The first-order valence-corrected chi connectivity index (χ1v) is 7.66. The SMILES string of the molecule is CCOc1cccc(C23CCCC2CN(C)CC3)c1. The lowest BCUT2D eigenvalue weighted by atomic mass is 9.68. The minimum atomic E-state index is 0.430. The molecule has 2 heteroatoms. The lowest BCUT2D eigenvalue weighted by molar-refractivity contribution is 0.133. The molecule has 0 aromatic heterocycles. The molecule has 0 amide bonds. The summed E-state index contributed by atoms with van der Waals surface area (Å²) in [7, 11) is 2.26. The second-order valence-electron chi connectivity index (χ2n) is 6.22. The van der Waals surface area contributed by atoms with Crippen molar-refractivity contribution in [2.24, 2.45) is 5.92 Å². The number of likely N-dealkylation sites (tertiary alicyclic amines) is 1. The van der Waals surface area contributed by atoms with Gasteiger partial charge in [0.05, 0.1) is 6.61 Å². The summed E-state index contributed by atoms with van der Waals surface area (Å²) in [4.78, 5) is 2.50. The van der Waals surface area contributed by atoms with E-state index in [1.165, 1.54) is 44.3 Å². The average Bonchev–Trinajstić information content (AvgIpc) is 2.83. The molecule has 19 heavy (non-hydrogen) atoms. The van der Waals surface area contributed by atoms with Gasteiger partial charge in [0.15, 0.2) is 0 Å². The molecule has 1 aliphatic heterocycles. The van der Waals surface area contributed by atoms with E-state index in [4.69, 9.17) is 4.74 Å². The smallest absolute Gasteiger partial charge is 0.119 e. The summed E-state index contributed by atoms with van der Waals surface area (Å²) < 4.78 is 5.69. The maximum atomic E-state index is 5.69. The molecule has 1 aromatic carbocycles. The van der Waals surface area contributed by atoms with E-state index in [0.29, 0.717) is 5.41 Å². The van der Waals surface area contributed by atoms with Crippen LogP contribution in [-0.2, 0) is 5.41 Å². The number of hydrogen-bond acceptors (Lipinski definition) is 2. The molecule has 1 heterocycles. The van der Waals surface area contributed by atoms with Crippen molar-refractivity contribution in [2.75, 3.05) is 26.7 Å². The second kappa shape index (κ2) is 5.16. The van der Waals surface area contributed by atoms with Crippen molar-refractivity contribution in [3.63, 3.8) is 0 Å². The average molecular weight is 259 g/mol. The van der Waals surface area contributed by atoms with E-state index < -0.39 is 0 Å². The molecule has 0 radical (unpaired) electrons. The van der Waals surface area contributed by atoms with Crippen molar-refractivity contribution < 1.29 is 4.74 Å². The molecule has 2 aliphatic rings. The Bertz CT molecular complexity index is 445. The second-order valence-corrected chi connectivity index (χ2v) is 6.22. The largest absolute Gasteiger partial charge is 0.494 e. The highest BCUT2D eigenvalue weighted by atomic mass is 16.5. The van der Waals surface area contributed by atoms with Crippen LogP contribution in [0, 0.1) is 5.92 Å². The fourth-order valence-corrected chi connectivity index (χ4v) is 4.18. The Morgan fingerprint density at radius 1 is 1.37 bits per heavy atom. The van der Waals surface area contributed by atoms with E-state index in [1.54, 1.807) is 0 Å². The van der Waals surface area contributed by atoms with E-state index in [9.17, 15) is 0 Å². The molecule has 0 bridgehead atoms. The van der Waals surface area contributed by atoms with Crippen LogP contribution in [0.25, 0.3) is 0 Å². The Kier molecular flexibility index (Phi) is 3.53. The summed E-state index contributed by atoms with van der Waals surface area (Å²) in [5, 5.41) is 0. The van der Waals surface area contributed by atoms with E-state index in [1.807, 2.05) is 0 Å². The Morgan fingerprint density at radius 2 is 2.26 bits per heavy atom. The Labute approximate surface area is 116 Å². The van der Waals surface area contributed by atoms with Crippen molar-refractivity contribution in [2.45, 2.75) is 38.0 Å². The molecule has 1 aromatic rings. The zero-order valence-corrected chi connectivity index (χ0v) is 12.2. The summed E-state index contributed by atoms with van der Waals surface area (Å²) in [6, 6.07) is 8.88. The maximum Gasteiger partial charge on any atom is 0.119 e. The minimum absolute atomic E-state index is 0.430. The van der Waals surface area contributed by atoms with Crippen LogP contribution >= 0.6 is 0 Å². The van der Waals surface area contributed by atoms with Crippen molar-refractivity contribution in [1.82, 2.24) is 4.90 Å². The van der Waals surface area contributed by atoms with Gasteiger partial charge in [-0.3, -0.25) is 0 Å². The van der Waals surface area contributed by atoms with Crippen LogP contribution in [0.1, 0.15) is 38.2 Å². The summed E-state index contributed by atoms with van der Waals surface area (Å²) >= 11 is 0. The molecule has 2 atom stereocenters.